The predicted octanol–water partition coefficient (Wildman–Crippen LogP) is 1.75. The second-order valence-corrected chi connectivity index (χ2v) is 5.13. The van der Waals surface area contributed by atoms with E-state index in [-0.39, 0.29) is 12.4 Å². The second kappa shape index (κ2) is 7.68. The highest BCUT2D eigenvalue weighted by atomic mass is 35.5. The van der Waals surface area contributed by atoms with Crippen LogP contribution < -0.4 is 10.2 Å². The molecule has 1 N–H and O–H groups in total. The summed E-state index contributed by atoms with van der Waals surface area (Å²) in [5.74, 6) is 1.05. The Morgan fingerprint density at radius 3 is 2.84 bits per heavy atom. The summed E-state index contributed by atoms with van der Waals surface area (Å²) >= 11 is 0. The SMILES string of the molecule is CCN(C)c1ccc(CN2CCN[C@H](C)C2)cn1.Cl. The maximum Gasteiger partial charge on any atom is 0.128 e. The Balaban J connectivity index is 0.00000180. The fourth-order valence-electron chi connectivity index (χ4n) is 2.31. The number of halogens is 1. The summed E-state index contributed by atoms with van der Waals surface area (Å²) < 4.78 is 0. The monoisotopic (exact) mass is 284 g/mol. The second-order valence-electron chi connectivity index (χ2n) is 5.13. The van der Waals surface area contributed by atoms with Gasteiger partial charge in [0.1, 0.15) is 5.82 Å². The summed E-state index contributed by atoms with van der Waals surface area (Å²) in [7, 11) is 2.07. The van der Waals surface area contributed by atoms with E-state index in [0.717, 1.165) is 38.5 Å². The molecule has 0 radical (unpaired) electrons. The number of nitrogens with one attached hydrogen (secondary N) is 1. The summed E-state index contributed by atoms with van der Waals surface area (Å²) in [4.78, 5) is 9.15. The van der Waals surface area contributed by atoms with E-state index < -0.39 is 0 Å². The lowest BCUT2D eigenvalue weighted by molar-refractivity contribution is 0.199. The zero-order valence-electron chi connectivity index (χ0n) is 12.1. The van der Waals surface area contributed by atoms with Crippen LogP contribution in [0.15, 0.2) is 18.3 Å². The molecule has 0 aromatic carbocycles. The van der Waals surface area contributed by atoms with Crippen molar-refractivity contribution in [2.24, 2.45) is 0 Å². The molecular formula is C14H25ClN4. The molecule has 1 aromatic rings. The molecule has 4 nitrogen and oxygen atoms in total. The highest BCUT2D eigenvalue weighted by molar-refractivity contribution is 5.85. The molecule has 1 fully saturated rings. The van der Waals surface area contributed by atoms with Crippen molar-refractivity contribution in [2.45, 2.75) is 26.4 Å². The third-order valence-corrected chi connectivity index (χ3v) is 3.53. The van der Waals surface area contributed by atoms with Crippen LogP contribution in [0.2, 0.25) is 0 Å². The molecule has 1 aliphatic heterocycles. The summed E-state index contributed by atoms with van der Waals surface area (Å²) in [6.45, 7) is 9.71. The van der Waals surface area contributed by atoms with Gasteiger partial charge in [0.2, 0.25) is 0 Å². The van der Waals surface area contributed by atoms with Crippen LogP contribution in [0.3, 0.4) is 0 Å². The fourth-order valence-corrected chi connectivity index (χ4v) is 2.31. The molecule has 108 valence electrons. The lowest BCUT2D eigenvalue weighted by atomic mass is 10.2. The molecule has 0 unspecified atom stereocenters. The van der Waals surface area contributed by atoms with Crippen LogP contribution in [0, 0.1) is 0 Å². The Hall–Kier alpha value is -0.840. The first-order chi connectivity index (χ1) is 8.69. The quantitative estimate of drug-likeness (QED) is 0.913. The van der Waals surface area contributed by atoms with Gasteiger partial charge in [-0.25, -0.2) is 4.98 Å². The molecular weight excluding hydrogens is 260 g/mol. The first kappa shape index (κ1) is 16.2. The van der Waals surface area contributed by atoms with Crippen molar-refractivity contribution >= 4 is 18.2 Å². The van der Waals surface area contributed by atoms with Crippen molar-refractivity contribution in [3.05, 3.63) is 23.9 Å². The van der Waals surface area contributed by atoms with Gasteiger partial charge >= 0.3 is 0 Å². The standard InChI is InChI=1S/C14H24N4.ClH/c1-4-17(3)14-6-5-13(9-16-14)11-18-8-7-15-12(2)10-18;/h5-6,9,12,15H,4,7-8,10-11H2,1-3H3;1H/t12-;/m1./s1. The fraction of sp³-hybridized carbons (Fsp3) is 0.643. The molecule has 0 spiro atoms. The smallest absolute Gasteiger partial charge is 0.128 e. The molecule has 1 saturated heterocycles. The average molecular weight is 285 g/mol. The maximum atomic E-state index is 4.52. The zero-order chi connectivity index (χ0) is 13.0. The van der Waals surface area contributed by atoms with Crippen molar-refractivity contribution in [1.82, 2.24) is 15.2 Å². The molecule has 2 heterocycles. The van der Waals surface area contributed by atoms with Gasteiger partial charge in [0.15, 0.2) is 0 Å². The lowest BCUT2D eigenvalue weighted by Crippen LogP contribution is -2.48. The molecule has 19 heavy (non-hydrogen) atoms. The van der Waals surface area contributed by atoms with Crippen molar-refractivity contribution in [2.75, 3.05) is 38.1 Å². The van der Waals surface area contributed by atoms with E-state index >= 15 is 0 Å². The highest BCUT2D eigenvalue weighted by Crippen LogP contribution is 2.11. The predicted molar refractivity (Wildman–Crippen MR) is 83.2 cm³/mol. The lowest BCUT2D eigenvalue weighted by Gasteiger charge is -2.31. The van der Waals surface area contributed by atoms with Gasteiger partial charge < -0.3 is 10.2 Å². The highest BCUT2D eigenvalue weighted by Gasteiger charge is 2.15. The average Bonchev–Trinajstić information content (AvgIpc) is 2.39. The van der Waals surface area contributed by atoms with E-state index in [4.69, 9.17) is 0 Å². The van der Waals surface area contributed by atoms with E-state index in [0.29, 0.717) is 6.04 Å². The normalized spacial score (nSPS) is 19.8. The Labute approximate surface area is 122 Å². The first-order valence-electron chi connectivity index (χ1n) is 6.81. The Bertz CT molecular complexity index is 368. The van der Waals surface area contributed by atoms with Gasteiger partial charge in [-0.3, -0.25) is 4.90 Å². The minimum atomic E-state index is 0. The Morgan fingerprint density at radius 1 is 1.47 bits per heavy atom. The van der Waals surface area contributed by atoms with Crippen LogP contribution in [-0.4, -0.2) is 49.2 Å². The summed E-state index contributed by atoms with van der Waals surface area (Å²) in [5.41, 5.74) is 1.30. The molecule has 1 aromatic heterocycles. The molecule has 0 amide bonds. The summed E-state index contributed by atoms with van der Waals surface area (Å²) in [5, 5.41) is 3.47. The van der Waals surface area contributed by atoms with Crippen molar-refractivity contribution < 1.29 is 0 Å². The number of anilines is 1. The molecule has 1 atom stereocenters. The number of rotatable bonds is 4. The van der Waals surface area contributed by atoms with Crippen LogP contribution in [0.1, 0.15) is 19.4 Å². The number of piperazine rings is 1. The van der Waals surface area contributed by atoms with Gasteiger partial charge in [-0.1, -0.05) is 6.07 Å². The van der Waals surface area contributed by atoms with Gasteiger partial charge in [-0.2, -0.15) is 0 Å². The van der Waals surface area contributed by atoms with Crippen molar-refractivity contribution in [3.63, 3.8) is 0 Å². The molecule has 5 heteroatoms. The Kier molecular flexibility index (Phi) is 6.55. The largest absolute Gasteiger partial charge is 0.360 e. The van der Waals surface area contributed by atoms with Crippen molar-refractivity contribution in [3.8, 4) is 0 Å². The molecule has 2 rings (SSSR count). The first-order valence-corrected chi connectivity index (χ1v) is 6.81. The van der Waals surface area contributed by atoms with E-state index in [2.05, 4.69) is 53.1 Å². The maximum absolute atomic E-state index is 4.52. The number of hydrogen-bond acceptors (Lipinski definition) is 4. The topological polar surface area (TPSA) is 31.4 Å². The third-order valence-electron chi connectivity index (χ3n) is 3.53. The third kappa shape index (κ3) is 4.64. The summed E-state index contributed by atoms with van der Waals surface area (Å²) in [6.07, 6.45) is 2.01. The van der Waals surface area contributed by atoms with Gasteiger partial charge in [0, 0.05) is 52.0 Å². The van der Waals surface area contributed by atoms with E-state index in [1.807, 2.05) is 6.20 Å². The van der Waals surface area contributed by atoms with E-state index in [1.165, 1.54) is 5.56 Å². The number of pyridine rings is 1. The minimum Gasteiger partial charge on any atom is -0.360 e. The molecule has 1 aliphatic rings. The number of hydrogen-bond donors (Lipinski definition) is 1. The van der Waals surface area contributed by atoms with Gasteiger partial charge in [-0.15, -0.1) is 12.4 Å². The van der Waals surface area contributed by atoms with Crippen LogP contribution in [0.4, 0.5) is 5.82 Å². The molecule has 0 bridgehead atoms. The van der Waals surface area contributed by atoms with Gasteiger partial charge in [0.05, 0.1) is 0 Å². The van der Waals surface area contributed by atoms with Crippen LogP contribution in [0.5, 0.6) is 0 Å². The van der Waals surface area contributed by atoms with E-state index in [1.54, 1.807) is 0 Å². The Morgan fingerprint density at radius 2 is 2.26 bits per heavy atom. The van der Waals surface area contributed by atoms with Gasteiger partial charge in [-0.05, 0) is 25.5 Å². The number of aromatic nitrogens is 1. The molecule has 0 aliphatic carbocycles. The minimum absolute atomic E-state index is 0. The molecule has 0 saturated carbocycles. The van der Waals surface area contributed by atoms with Gasteiger partial charge in [0.25, 0.3) is 0 Å². The van der Waals surface area contributed by atoms with Crippen LogP contribution >= 0.6 is 12.4 Å². The van der Waals surface area contributed by atoms with Crippen LogP contribution in [-0.2, 0) is 6.54 Å². The van der Waals surface area contributed by atoms with Crippen molar-refractivity contribution in [1.29, 1.82) is 0 Å². The zero-order valence-corrected chi connectivity index (χ0v) is 12.9. The number of nitrogens with zero attached hydrogens (tertiary/aromatic N) is 3. The van der Waals surface area contributed by atoms with E-state index in [9.17, 15) is 0 Å². The van der Waals surface area contributed by atoms with Crippen LogP contribution in [0.25, 0.3) is 0 Å². The summed E-state index contributed by atoms with van der Waals surface area (Å²) in [6, 6.07) is 4.91.